The fourth-order valence-electron chi connectivity index (χ4n) is 1.42. The van der Waals surface area contributed by atoms with Crippen molar-refractivity contribution in [2.45, 2.75) is 0 Å². The molecule has 1 aromatic carbocycles. The smallest absolute Gasteiger partial charge is 0.281 e. The van der Waals surface area contributed by atoms with Crippen molar-refractivity contribution in [3.05, 3.63) is 57.0 Å². The fourth-order valence-corrected chi connectivity index (χ4v) is 1.42. The highest BCUT2D eigenvalue weighted by Gasteiger charge is 2.09. The van der Waals surface area contributed by atoms with Crippen LogP contribution in [-0.2, 0) is 0 Å². The maximum atomic E-state index is 11.6. The maximum Gasteiger partial charge on any atom is 0.313 e. The fraction of sp³-hybridized carbons (Fsp3) is 0. The standard InChI is InChI=1S/C11H9N3O2/c1-2-7-5-3-4-6-8(7)9-10(15)11(16)13-14-12-9/h2-6H,1H2,(H,14,15)(H,12,13,16). The van der Waals surface area contributed by atoms with Gasteiger partial charge in [0.25, 0.3) is 5.43 Å². The van der Waals surface area contributed by atoms with Gasteiger partial charge in [0.2, 0.25) is 0 Å². The van der Waals surface area contributed by atoms with E-state index in [9.17, 15) is 9.59 Å². The van der Waals surface area contributed by atoms with E-state index in [0.29, 0.717) is 5.56 Å². The Hall–Kier alpha value is -2.43. The first kappa shape index (κ1) is 10.1. The quantitative estimate of drug-likeness (QED) is 0.726. The summed E-state index contributed by atoms with van der Waals surface area (Å²) >= 11 is 0. The summed E-state index contributed by atoms with van der Waals surface area (Å²) in [5.74, 6) is 0. The Labute approximate surface area is 90.4 Å². The lowest BCUT2D eigenvalue weighted by molar-refractivity contribution is 0.834. The Morgan fingerprint density at radius 3 is 2.75 bits per heavy atom. The molecule has 0 aliphatic heterocycles. The van der Waals surface area contributed by atoms with Crippen molar-refractivity contribution in [3.8, 4) is 11.3 Å². The van der Waals surface area contributed by atoms with Gasteiger partial charge in [-0.15, -0.1) is 0 Å². The molecule has 0 unspecified atom stereocenters. The highest BCUT2D eigenvalue weighted by Crippen LogP contribution is 2.18. The SMILES string of the molecule is C=Cc1ccccc1-c1n[nH][nH]c(=O)c1=O. The van der Waals surface area contributed by atoms with Gasteiger partial charge in [-0.3, -0.25) is 9.59 Å². The van der Waals surface area contributed by atoms with Crippen LogP contribution < -0.4 is 11.0 Å². The predicted octanol–water partition coefficient (Wildman–Crippen LogP) is 0.768. The van der Waals surface area contributed by atoms with Crippen molar-refractivity contribution >= 4 is 6.08 Å². The topological polar surface area (TPSA) is 78.6 Å². The van der Waals surface area contributed by atoms with E-state index >= 15 is 0 Å². The molecule has 2 aromatic rings. The van der Waals surface area contributed by atoms with E-state index < -0.39 is 11.0 Å². The van der Waals surface area contributed by atoms with E-state index in [1.807, 2.05) is 6.07 Å². The van der Waals surface area contributed by atoms with E-state index in [4.69, 9.17) is 0 Å². The average Bonchev–Trinajstić information content (AvgIpc) is 2.33. The molecule has 0 spiro atoms. The van der Waals surface area contributed by atoms with Crippen LogP contribution in [0.3, 0.4) is 0 Å². The molecular formula is C11H9N3O2. The second kappa shape index (κ2) is 3.98. The Morgan fingerprint density at radius 2 is 2.00 bits per heavy atom. The molecule has 0 radical (unpaired) electrons. The summed E-state index contributed by atoms with van der Waals surface area (Å²) in [6.45, 7) is 3.64. The number of aromatic nitrogens is 3. The maximum absolute atomic E-state index is 11.6. The minimum absolute atomic E-state index is 0.0965. The van der Waals surface area contributed by atoms with Crippen molar-refractivity contribution < 1.29 is 0 Å². The number of nitrogens with one attached hydrogen (secondary N) is 2. The average molecular weight is 215 g/mol. The van der Waals surface area contributed by atoms with Gasteiger partial charge in [0.05, 0.1) is 0 Å². The molecule has 5 nitrogen and oxygen atoms in total. The second-order valence-electron chi connectivity index (χ2n) is 3.15. The van der Waals surface area contributed by atoms with Crippen LogP contribution in [0.2, 0.25) is 0 Å². The summed E-state index contributed by atoms with van der Waals surface area (Å²) in [7, 11) is 0. The third kappa shape index (κ3) is 1.58. The van der Waals surface area contributed by atoms with Crippen molar-refractivity contribution in [2.75, 3.05) is 0 Å². The molecule has 5 heteroatoms. The van der Waals surface area contributed by atoms with Gasteiger partial charge in [-0.25, -0.2) is 10.3 Å². The lowest BCUT2D eigenvalue weighted by Crippen LogP contribution is -2.30. The number of hydrogen-bond donors (Lipinski definition) is 2. The molecule has 16 heavy (non-hydrogen) atoms. The summed E-state index contributed by atoms with van der Waals surface area (Å²) in [4.78, 5) is 22.7. The third-order valence-corrected chi connectivity index (χ3v) is 2.19. The van der Waals surface area contributed by atoms with Gasteiger partial charge in [-0.2, -0.15) is 5.10 Å². The molecule has 0 saturated heterocycles. The van der Waals surface area contributed by atoms with E-state index in [0.717, 1.165) is 5.56 Å². The first-order chi connectivity index (χ1) is 7.74. The highest BCUT2D eigenvalue weighted by molar-refractivity contribution is 5.71. The normalized spacial score (nSPS) is 10.0. The van der Waals surface area contributed by atoms with E-state index in [1.54, 1.807) is 24.3 Å². The molecule has 0 amide bonds. The van der Waals surface area contributed by atoms with Gasteiger partial charge in [-0.1, -0.05) is 36.9 Å². The van der Waals surface area contributed by atoms with Crippen LogP contribution in [0.5, 0.6) is 0 Å². The van der Waals surface area contributed by atoms with Crippen LogP contribution in [-0.4, -0.2) is 15.4 Å². The Balaban J connectivity index is 2.78. The summed E-state index contributed by atoms with van der Waals surface area (Å²) < 4.78 is 0. The van der Waals surface area contributed by atoms with Crippen LogP contribution in [0.4, 0.5) is 0 Å². The summed E-state index contributed by atoms with van der Waals surface area (Å²) in [6.07, 6.45) is 1.61. The zero-order chi connectivity index (χ0) is 11.5. The van der Waals surface area contributed by atoms with Gasteiger partial charge in [0, 0.05) is 5.56 Å². The Kier molecular flexibility index (Phi) is 2.51. The van der Waals surface area contributed by atoms with Crippen LogP contribution in [0.25, 0.3) is 17.3 Å². The summed E-state index contributed by atoms with van der Waals surface area (Å²) in [6, 6.07) is 7.10. The number of benzene rings is 1. The second-order valence-corrected chi connectivity index (χ2v) is 3.15. The first-order valence-electron chi connectivity index (χ1n) is 4.63. The molecule has 0 bridgehead atoms. The zero-order valence-electron chi connectivity index (χ0n) is 8.36. The first-order valence-corrected chi connectivity index (χ1v) is 4.63. The predicted molar refractivity (Wildman–Crippen MR) is 61.0 cm³/mol. The number of hydrogen-bond acceptors (Lipinski definition) is 3. The molecule has 1 aromatic heterocycles. The van der Waals surface area contributed by atoms with Gasteiger partial charge in [0.15, 0.2) is 0 Å². The molecule has 2 N–H and O–H groups in total. The largest absolute Gasteiger partial charge is 0.313 e. The van der Waals surface area contributed by atoms with Crippen molar-refractivity contribution in [1.29, 1.82) is 0 Å². The monoisotopic (exact) mass is 215 g/mol. The Bertz CT molecular complexity index is 640. The molecule has 0 saturated carbocycles. The Morgan fingerprint density at radius 1 is 1.25 bits per heavy atom. The molecular weight excluding hydrogens is 206 g/mol. The van der Waals surface area contributed by atoms with E-state index in [1.165, 1.54) is 0 Å². The third-order valence-electron chi connectivity index (χ3n) is 2.19. The molecule has 80 valence electrons. The van der Waals surface area contributed by atoms with Crippen LogP contribution >= 0.6 is 0 Å². The molecule has 0 aliphatic carbocycles. The minimum atomic E-state index is -0.719. The van der Waals surface area contributed by atoms with E-state index in [-0.39, 0.29) is 5.69 Å². The van der Waals surface area contributed by atoms with Gasteiger partial charge >= 0.3 is 5.56 Å². The van der Waals surface area contributed by atoms with Crippen molar-refractivity contribution in [3.63, 3.8) is 0 Å². The van der Waals surface area contributed by atoms with Crippen molar-refractivity contribution in [1.82, 2.24) is 15.4 Å². The van der Waals surface area contributed by atoms with Crippen LogP contribution in [0.15, 0.2) is 40.4 Å². The number of aromatic amines is 2. The van der Waals surface area contributed by atoms with Crippen molar-refractivity contribution in [2.24, 2.45) is 0 Å². The lowest BCUT2D eigenvalue weighted by atomic mass is 10.0. The summed E-state index contributed by atoms with van der Waals surface area (Å²) in [5.41, 5.74) is 0.0621. The lowest BCUT2D eigenvalue weighted by Gasteiger charge is -2.02. The number of rotatable bonds is 2. The zero-order valence-corrected chi connectivity index (χ0v) is 8.36. The number of nitrogens with zero attached hydrogens (tertiary/aromatic N) is 1. The van der Waals surface area contributed by atoms with Gasteiger partial charge in [0.1, 0.15) is 5.69 Å². The molecule has 0 fully saturated rings. The molecule has 1 heterocycles. The molecule has 0 atom stereocenters. The van der Waals surface area contributed by atoms with Crippen LogP contribution in [0.1, 0.15) is 5.56 Å². The van der Waals surface area contributed by atoms with Gasteiger partial charge in [-0.05, 0) is 5.56 Å². The summed E-state index contributed by atoms with van der Waals surface area (Å²) in [5, 5.41) is 8.19. The molecule has 2 rings (SSSR count). The number of H-pyrrole nitrogens is 2. The van der Waals surface area contributed by atoms with Gasteiger partial charge < -0.3 is 0 Å². The highest BCUT2D eigenvalue weighted by atomic mass is 16.2. The minimum Gasteiger partial charge on any atom is -0.281 e. The molecule has 0 aliphatic rings. The van der Waals surface area contributed by atoms with Crippen LogP contribution in [0, 0.1) is 0 Å². The van der Waals surface area contributed by atoms with E-state index in [2.05, 4.69) is 22.0 Å².